The summed E-state index contributed by atoms with van der Waals surface area (Å²) in [5.41, 5.74) is 2.37. The highest BCUT2D eigenvalue weighted by atomic mass is 35.5. The van der Waals surface area contributed by atoms with Crippen LogP contribution in [0.1, 0.15) is 18.0 Å². The Labute approximate surface area is 97.6 Å². The van der Waals surface area contributed by atoms with Gasteiger partial charge in [0, 0.05) is 11.9 Å². The largest absolute Gasteiger partial charge is 0.417 e. The van der Waals surface area contributed by atoms with E-state index in [4.69, 9.17) is 16.0 Å². The van der Waals surface area contributed by atoms with Crippen molar-refractivity contribution in [2.45, 2.75) is 12.5 Å². The van der Waals surface area contributed by atoms with Gasteiger partial charge in [0.15, 0.2) is 5.58 Å². The van der Waals surface area contributed by atoms with Crippen molar-refractivity contribution in [3.8, 4) is 0 Å². The molecule has 1 aromatic carbocycles. The molecule has 1 unspecified atom stereocenters. The lowest BCUT2D eigenvalue weighted by molar-refractivity contribution is 0.550. The summed E-state index contributed by atoms with van der Waals surface area (Å²) in [7, 11) is 1.88. The van der Waals surface area contributed by atoms with Gasteiger partial charge in [-0.2, -0.15) is 0 Å². The van der Waals surface area contributed by atoms with Crippen LogP contribution < -0.4 is 11.1 Å². The van der Waals surface area contributed by atoms with Crippen LogP contribution in [0.3, 0.4) is 0 Å². The Bertz CT molecular complexity index is 532. The van der Waals surface area contributed by atoms with E-state index in [0.29, 0.717) is 11.5 Å². The number of aromatic nitrogens is 1. The highest BCUT2D eigenvalue weighted by molar-refractivity contribution is 6.17. The average Bonchev–Trinajstić information content (AvgIpc) is 2.64. The molecule has 0 aliphatic carbocycles. The van der Waals surface area contributed by atoms with Crippen LogP contribution >= 0.6 is 11.6 Å². The van der Waals surface area contributed by atoms with Gasteiger partial charge in [-0.05, 0) is 31.2 Å². The zero-order chi connectivity index (χ0) is 11.5. The molecule has 0 aliphatic rings. The van der Waals surface area contributed by atoms with Gasteiger partial charge < -0.3 is 9.73 Å². The third-order valence-corrected chi connectivity index (χ3v) is 2.81. The fraction of sp³-hybridized carbons (Fsp3) is 0.364. The lowest BCUT2D eigenvalue weighted by Gasteiger charge is -2.14. The van der Waals surface area contributed by atoms with Crippen molar-refractivity contribution in [3.63, 3.8) is 0 Å². The summed E-state index contributed by atoms with van der Waals surface area (Å²) in [5, 5.41) is 3.18. The number of benzene rings is 1. The van der Waals surface area contributed by atoms with Crippen molar-refractivity contribution in [1.29, 1.82) is 0 Å². The summed E-state index contributed by atoms with van der Waals surface area (Å²) < 4.78 is 5.01. The number of halogens is 1. The molecule has 5 heteroatoms. The summed E-state index contributed by atoms with van der Waals surface area (Å²) in [4.78, 5) is 13.6. The summed E-state index contributed by atoms with van der Waals surface area (Å²) in [5.74, 6) is 0.158. The van der Waals surface area contributed by atoms with Crippen LogP contribution in [0.25, 0.3) is 11.1 Å². The zero-order valence-corrected chi connectivity index (χ0v) is 9.67. The quantitative estimate of drug-likeness (QED) is 0.804. The standard InChI is InChI=1S/C11H13ClN2O2/c1-13-8(4-5-12)7-2-3-9-10(6-7)16-11(15)14-9/h2-3,6,8,13H,4-5H2,1H3,(H,14,15). The molecular weight excluding hydrogens is 228 g/mol. The molecule has 0 bridgehead atoms. The summed E-state index contributed by atoms with van der Waals surface area (Å²) in [6, 6.07) is 5.85. The maximum atomic E-state index is 11.0. The van der Waals surface area contributed by atoms with Crippen LogP contribution in [-0.2, 0) is 0 Å². The first kappa shape index (κ1) is 11.2. The predicted octanol–water partition coefficient (Wildman–Crippen LogP) is 2.01. The number of rotatable bonds is 4. The molecule has 0 fully saturated rings. The minimum Gasteiger partial charge on any atom is -0.408 e. The van der Waals surface area contributed by atoms with Crippen molar-refractivity contribution < 1.29 is 4.42 Å². The van der Waals surface area contributed by atoms with E-state index in [1.54, 1.807) is 0 Å². The van der Waals surface area contributed by atoms with E-state index < -0.39 is 5.76 Å². The zero-order valence-electron chi connectivity index (χ0n) is 8.92. The minimum absolute atomic E-state index is 0.183. The van der Waals surface area contributed by atoms with Crippen molar-refractivity contribution >= 4 is 22.7 Å². The number of aromatic amines is 1. The minimum atomic E-state index is -0.425. The normalized spacial score (nSPS) is 13.1. The maximum Gasteiger partial charge on any atom is 0.417 e. The number of hydrogen-bond donors (Lipinski definition) is 2. The van der Waals surface area contributed by atoms with Crippen molar-refractivity contribution in [2.24, 2.45) is 0 Å². The second-order valence-corrected chi connectivity index (χ2v) is 3.97. The SMILES string of the molecule is CNC(CCCl)c1ccc2[nH]c(=O)oc2c1. The molecular formula is C11H13ClN2O2. The topological polar surface area (TPSA) is 58.0 Å². The second kappa shape index (κ2) is 4.72. The Morgan fingerprint density at radius 1 is 1.56 bits per heavy atom. The van der Waals surface area contributed by atoms with Crippen LogP contribution in [-0.4, -0.2) is 17.9 Å². The molecule has 0 saturated carbocycles. The van der Waals surface area contributed by atoms with Gasteiger partial charge >= 0.3 is 5.76 Å². The summed E-state index contributed by atoms with van der Waals surface area (Å²) in [6.45, 7) is 0. The van der Waals surface area contributed by atoms with Gasteiger partial charge in [-0.15, -0.1) is 11.6 Å². The molecule has 86 valence electrons. The van der Waals surface area contributed by atoms with E-state index in [2.05, 4.69) is 10.3 Å². The van der Waals surface area contributed by atoms with Gasteiger partial charge in [0.1, 0.15) is 0 Å². The van der Waals surface area contributed by atoms with E-state index in [-0.39, 0.29) is 6.04 Å². The smallest absolute Gasteiger partial charge is 0.408 e. The average molecular weight is 241 g/mol. The van der Waals surface area contributed by atoms with Crippen LogP contribution in [0.5, 0.6) is 0 Å². The molecule has 0 spiro atoms. The molecule has 0 radical (unpaired) electrons. The Hall–Kier alpha value is -1.26. The van der Waals surface area contributed by atoms with Gasteiger partial charge in [0.2, 0.25) is 0 Å². The van der Waals surface area contributed by atoms with Crippen LogP contribution in [0.2, 0.25) is 0 Å². The van der Waals surface area contributed by atoms with Crippen LogP contribution in [0.4, 0.5) is 0 Å². The van der Waals surface area contributed by atoms with E-state index in [0.717, 1.165) is 17.5 Å². The molecule has 2 N–H and O–H groups in total. The van der Waals surface area contributed by atoms with Crippen LogP contribution in [0, 0.1) is 0 Å². The number of fused-ring (bicyclic) bond motifs is 1. The van der Waals surface area contributed by atoms with Gasteiger partial charge in [0.05, 0.1) is 5.52 Å². The molecule has 0 saturated heterocycles. The number of nitrogens with one attached hydrogen (secondary N) is 2. The molecule has 2 rings (SSSR count). The first-order valence-corrected chi connectivity index (χ1v) is 5.64. The first-order valence-electron chi connectivity index (χ1n) is 5.10. The number of alkyl halides is 1. The summed E-state index contributed by atoms with van der Waals surface area (Å²) in [6.07, 6.45) is 0.832. The summed E-state index contributed by atoms with van der Waals surface area (Å²) >= 11 is 5.73. The molecule has 0 amide bonds. The maximum absolute atomic E-state index is 11.0. The fourth-order valence-electron chi connectivity index (χ4n) is 1.77. The number of hydrogen-bond acceptors (Lipinski definition) is 3. The fourth-order valence-corrected chi connectivity index (χ4v) is 1.98. The Morgan fingerprint density at radius 2 is 2.38 bits per heavy atom. The highest BCUT2D eigenvalue weighted by Crippen LogP contribution is 2.21. The molecule has 0 aliphatic heterocycles. The van der Waals surface area contributed by atoms with Crippen molar-refractivity contribution in [2.75, 3.05) is 12.9 Å². The third kappa shape index (κ3) is 2.13. The predicted molar refractivity (Wildman–Crippen MR) is 64.0 cm³/mol. The first-order chi connectivity index (χ1) is 7.74. The lowest BCUT2D eigenvalue weighted by Crippen LogP contribution is -2.16. The van der Waals surface area contributed by atoms with E-state index in [1.807, 2.05) is 25.2 Å². The lowest BCUT2D eigenvalue weighted by atomic mass is 10.0. The number of oxazole rings is 1. The van der Waals surface area contributed by atoms with E-state index in [9.17, 15) is 4.79 Å². The van der Waals surface area contributed by atoms with Gasteiger partial charge in [0.25, 0.3) is 0 Å². The molecule has 1 aromatic heterocycles. The monoisotopic (exact) mass is 240 g/mol. The van der Waals surface area contributed by atoms with Gasteiger partial charge in [-0.3, -0.25) is 4.98 Å². The molecule has 4 nitrogen and oxygen atoms in total. The third-order valence-electron chi connectivity index (χ3n) is 2.59. The number of H-pyrrole nitrogens is 1. The Kier molecular flexibility index (Phi) is 3.31. The molecule has 1 heterocycles. The molecule has 1 atom stereocenters. The Balaban J connectivity index is 2.40. The molecule has 16 heavy (non-hydrogen) atoms. The van der Waals surface area contributed by atoms with Gasteiger partial charge in [-0.1, -0.05) is 6.07 Å². The highest BCUT2D eigenvalue weighted by Gasteiger charge is 2.10. The molecule has 2 aromatic rings. The van der Waals surface area contributed by atoms with Crippen molar-refractivity contribution in [3.05, 3.63) is 34.3 Å². The van der Waals surface area contributed by atoms with Gasteiger partial charge in [-0.25, -0.2) is 4.79 Å². The van der Waals surface area contributed by atoms with Crippen LogP contribution in [0.15, 0.2) is 27.4 Å². The van der Waals surface area contributed by atoms with E-state index >= 15 is 0 Å². The second-order valence-electron chi connectivity index (χ2n) is 3.59. The van der Waals surface area contributed by atoms with Crippen molar-refractivity contribution in [1.82, 2.24) is 10.3 Å². The Morgan fingerprint density at radius 3 is 3.06 bits per heavy atom. The van der Waals surface area contributed by atoms with E-state index in [1.165, 1.54) is 0 Å².